The van der Waals surface area contributed by atoms with Gasteiger partial charge in [0.15, 0.2) is 11.3 Å². The average Bonchev–Trinajstić information content (AvgIpc) is 2.82. The number of rotatable bonds is 2. The summed E-state index contributed by atoms with van der Waals surface area (Å²) in [7, 11) is 1.61. The molecule has 1 aliphatic carbocycles. The van der Waals surface area contributed by atoms with Crippen molar-refractivity contribution in [3.63, 3.8) is 0 Å². The number of aliphatic hydroxyl groups is 2. The van der Waals surface area contributed by atoms with Crippen LogP contribution in [0.2, 0.25) is 0 Å². The summed E-state index contributed by atoms with van der Waals surface area (Å²) in [6, 6.07) is 0. The Kier molecular flexibility index (Phi) is 3.07. The average molecular weight is 274 g/mol. The lowest BCUT2D eigenvalue weighted by atomic mass is 9.81. The van der Waals surface area contributed by atoms with Gasteiger partial charge in [-0.1, -0.05) is 12.2 Å². The van der Waals surface area contributed by atoms with Gasteiger partial charge < -0.3 is 19.4 Å². The first-order valence-corrected chi connectivity index (χ1v) is 6.65. The van der Waals surface area contributed by atoms with Gasteiger partial charge in [-0.25, -0.2) is 0 Å². The number of fused-ring (bicyclic) bond motifs is 2. The van der Waals surface area contributed by atoms with E-state index in [2.05, 4.69) is 0 Å². The Hall–Kier alpha value is -1.78. The minimum absolute atomic E-state index is 0.106. The predicted molar refractivity (Wildman–Crippen MR) is 77.1 cm³/mol. The monoisotopic (exact) mass is 274 g/mol. The number of furan rings is 1. The van der Waals surface area contributed by atoms with Crippen molar-refractivity contribution in [3.8, 4) is 5.75 Å². The van der Waals surface area contributed by atoms with Gasteiger partial charge in [-0.3, -0.25) is 0 Å². The van der Waals surface area contributed by atoms with Gasteiger partial charge >= 0.3 is 0 Å². The van der Waals surface area contributed by atoms with E-state index in [9.17, 15) is 10.2 Å². The number of aryl methyl sites for hydroxylation is 2. The lowest BCUT2D eigenvalue weighted by molar-refractivity contribution is 0.140. The van der Waals surface area contributed by atoms with Crippen molar-refractivity contribution in [3.05, 3.63) is 34.6 Å². The Labute approximate surface area is 117 Å². The van der Waals surface area contributed by atoms with Crippen molar-refractivity contribution in [2.75, 3.05) is 13.7 Å². The SMILES string of the molecule is COc1c2c(c(C)c3c(C)coc13)[C@H](CO)[C@H](O)C=C2. The third-order valence-corrected chi connectivity index (χ3v) is 4.14. The summed E-state index contributed by atoms with van der Waals surface area (Å²) in [4.78, 5) is 0. The minimum Gasteiger partial charge on any atom is -0.492 e. The maximum atomic E-state index is 10.1. The summed E-state index contributed by atoms with van der Waals surface area (Å²) < 4.78 is 11.1. The normalized spacial score (nSPS) is 21.2. The zero-order chi connectivity index (χ0) is 14.4. The number of hydrogen-bond acceptors (Lipinski definition) is 4. The van der Waals surface area contributed by atoms with Crippen LogP contribution in [0.25, 0.3) is 17.0 Å². The van der Waals surface area contributed by atoms with Crippen molar-refractivity contribution in [2.24, 2.45) is 0 Å². The fraction of sp³-hybridized carbons (Fsp3) is 0.375. The molecule has 0 saturated heterocycles. The lowest BCUT2D eigenvalue weighted by Gasteiger charge is -2.28. The van der Waals surface area contributed by atoms with Crippen LogP contribution in [-0.2, 0) is 0 Å². The third-order valence-electron chi connectivity index (χ3n) is 4.14. The molecule has 4 heteroatoms. The number of aliphatic hydroxyl groups excluding tert-OH is 2. The molecule has 1 heterocycles. The molecule has 0 bridgehead atoms. The minimum atomic E-state index is -0.680. The molecule has 0 fully saturated rings. The Bertz CT molecular complexity index is 696. The molecule has 3 rings (SSSR count). The van der Waals surface area contributed by atoms with Crippen molar-refractivity contribution in [1.82, 2.24) is 0 Å². The van der Waals surface area contributed by atoms with Crippen LogP contribution in [0, 0.1) is 13.8 Å². The first-order chi connectivity index (χ1) is 9.60. The van der Waals surface area contributed by atoms with Crippen LogP contribution in [-0.4, -0.2) is 30.0 Å². The first-order valence-electron chi connectivity index (χ1n) is 6.65. The zero-order valence-electron chi connectivity index (χ0n) is 11.8. The molecule has 4 nitrogen and oxygen atoms in total. The molecule has 0 amide bonds. The summed E-state index contributed by atoms with van der Waals surface area (Å²) in [5.41, 5.74) is 4.61. The molecule has 0 spiro atoms. The molecule has 2 aromatic rings. The standard InChI is InChI=1S/C16H18O4/c1-8-7-20-16-13(8)9(2)14-10(15(16)19-3)4-5-12(18)11(14)6-17/h4-5,7,11-12,17-18H,6H2,1-3H3/t11-,12-/m1/s1. The van der Waals surface area contributed by atoms with Crippen molar-refractivity contribution >= 4 is 17.0 Å². The van der Waals surface area contributed by atoms with Crippen LogP contribution in [0.5, 0.6) is 5.75 Å². The molecule has 2 N–H and O–H groups in total. The second-order valence-electron chi connectivity index (χ2n) is 5.25. The molecule has 0 unspecified atom stereocenters. The smallest absolute Gasteiger partial charge is 0.176 e. The molecule has 106 valence electrons. The van der Waals surface area contributed by atoms with E-state index < -0.39 is 6.10 Å². The second kappa shape index (κ2) is 4.65. The number of ether oxygens (including phenoxy) is 1. The summed E-state index contributed by atoms with van der Waals surface area (Å²) in [6.45, 7) is 3.87. The molecular formula is C16H18O4. The van der Waals surface area contributed by atoms with Crippen LogP contribution >= 0.6 is 0 Å². The van der Waals surface area contributed by atoms with E-state index >= 15 is 0 Å². The second-order valence-corrected chi connectivity index (χ2v) is 5.25. The summed E-state index contributed by atoms with van der Waals surface area (Å²) in [5.74, 6) is 0.331. The van der Waals surface area contributed by atoms with Crippen LogP contribution in [0.3, 0.4) is 0 Å². The van der Waals surface area contributed by atoms with Gasteiger partial charge in [0.1, 0.15) is 0 Å². The van der Waals surface area contributed by atoms with Gasteiger partial charge in [-0.15, -0.1) is 0 Å². The summed E-state index contributed by atoms with van der Waals surface area (Å²) in [6.07, 6.45) is 4.56. The molecule has 0 aliphatic heterocycles. The fourth-order valence-corrected chi connectivity index (χ4v) is 3.20. The molecule has 20 heavy (non-hydrogen) atoms. The van der Waals surface area contributed by atoms with E-state index in [4.69, 9.17) is 9.15 Å². The van der Waals surface area contributed by atoms with E-state index in [1.54, 1.807) is 19.4 Å². The Balaban J connectivity index is 2.45. The zero-order valence-corrected chi connectivity index (χ0v) is 11.8. The van der Waals surface area contributed by atoms with Gasteiger partial charge in [0.2, 0.25) is 0 Å². The quantitative estimate of drug-likeness (QED) is 0.883. The highest BCUT2D eigenvalue weighted by atomic mass is 16.5. The van der Waals surface area contributed by atoms with Gasteiger partial charge in [0, 0.05) is 16.9 Å². The van der Waals surface area contributed by atoms with Crippen molar-refractivity contribution < 1.29 is 19.4 Å². The molecule has 2 atom stereocenters. The first kappa shape index (κ1) is 13.2. The van der Waals surface area contributed by atoms with E-state index in [0.29, 0.717) is 5.75 Å². The van der Waals surface area contributed by atoms with Gasteiger partial charge in [-0.05, 0) is 30.5 Å². The number of benzene rings is 1. The highest BCUT2D eigenvalue weighted by Crippen LogP contribution is 2.44. The summed E-state index contributed by atoms with van der Waals surface area (Å²) in [5, 5.41) is 20.7. The molecule has 0 saturated carbocycles. The van der Waals surface area contributed by atoms with E-state index in [1.165, 1.54) is 0 Å². The predicted octanol–water partition coefficient (Wildman–Crippen LogP) is 2.52. The van der Waals surface area contributed by atoms with Crippen LogP contribution in [0.4, 0.5) is 0 Å². The maximum Gasteiger partial charge on any atom is 0.176 e. The number of methoxy groups -OCH3 is 1. The molecule has 1 aromatic heterocycles. The Morgan fingerprint density at radius 1 is 1.35 bits per heavy atom. The Morgan fingerprint density at radius 3 is 2.75 bits per heavy atom. The highest BCUT2D eigenvalue weighted by Gasteiger charge is 2.31. The van der Waals surface area contributed by atoms with Crippen molar-refractivity contribution in [1.29, 1.82) is 0 Å². The van der Waals surface area contributed by atoms with E-state index in [1.807, 2.05) is 19.9 Å². The maximum absolute atomic E-state index is 10.1. The van der Waals surface area contributed by atoms with Gasteiger partial charge in [-0.2, -0.15) is 0 Å². The molecule has 0 radical (unpaired) electrons. The van der Waals surface area contributed by atoms with E-state index in [-0.39, 0.29) is 12.5 Å². The van der Waals surface area contributed by atoms with Gasteiger partial charge in [0.25, 0.3) is 0 Å². The number of hydrogen-bond donors (Lipinski definition) is 2. The van der Waals surface area contributed by atoms with E-state index in [0.717, 1.165) is 33.2 Å². The third kappa shape index (κ3) is 1.62. The van der Waals surface area contributed by atoms with Gasteiger partial charge in [0.05, 0.1) is 26.1 Å². The fourth-order valence-electron chi connectivity index (χ4n) is 3.20. The van der Waals surface area contributed by atoms with Crippen LogP contribution in [0.1, 0.15) is 28.2 Å². The molecule has 1 aliphatic rings. The Morgan fingerprint density at radius 2 is 2.10 bits per heavy atom. The van der Waals surface area contributed by atoms with Crippen LogP contribution in [0.15, 0.2) is 16.8 Å². The van der Waals surface area contributed by atoms with Crippen molar-refractivity contribution in [2.45, 2.75) is 25.9 Å². The highest BCUT2D eigenvalue weighted by molar-refractivity contribution is 5.95. The summed E-state index contributed by atoms with van der Waals surface area (Å²) >= 11 is 0. The molecular weight excluding hydrogens is 256 g/mol. The molecule has 1 aromatic carbocycles. The lowest BCUT2D eigenvalue weighted by Crippen LogP contribution is -2.24. The largest absolute Gasteiger partial charge is 0.492 e. The van der Waals surface area contributed by atoms with Crippen LogP contribution < -0.4 is 4.74 Å². The topological polar surface area (TPSA) is 62.8 Å².